The smallest absolute Gasteiger partial charge is 0.341 e. The maximum atomic E-state index is 13.0. The van der Waals surface area contributed by atoms with Crippen molar-refractivity contribution in [3.63, 3.8) is 0 Å². The molecule has 0 aliphatic heterocycles. The number of anilines is 1. The van der Waals surface area contributed by atoms with Crippen LogP contribution in [0.1, 0.15) is 46.8 Å². The zero-order valence-corrected chi connectivity index (χ0v) is 21.4. The van der Waals surface area contributed by atoms with Crippen molar-refractivity contribution in [2.75, 3.05) is 11.9 Å². The van der Waals surface area contributed by atoms with E-state index in [9.17, 15) is 14.9 Å². The summed E-state index contributed by atoms with van der Waals surface area (Å²) in [5.74, 6) is 0.143. The molecule has 0 spiro atoms. The lowest BCUT2D eigenvalue weighted by molar-refractivity contribution is -0.112. The highest BCUT2D eigenvalue weighted by Gasteiger charge is 2.29. The number of hydrogen-bond acceptors (Lipinski definition) is 6. The van der Waals surface area contributed by atoms with Gasteiger partial charge in [-0.2, -0.15) is 5.26 Å². The molecule has 0 unspecified atom stereocenters. The Morgan fingerprint density at radius 3 is 2.86 bits per heavy atom. The molecular weight excluding hydrogens is 507 g/mol. The van der Waals surface area contributed by atoms with E-state index in [-0.39, 0.29) is 12.2 Å². The summed E-state index contributed by atoms with van der Waals surface area (Å²) in [4.78, 5) is 26.8. The molecule has 1 aromatic carbocycles. The number of nitrogens with zero attached hydrogens (tertiary/aromatic N) is 1. The van der Waals surface area contributed by atoms with Crippen molar-refractivity contribution in [1.82, 2.24) is 0 Å². The molecule has 180 valence electrons. The van der Waals surface area contributed by atoms with E-state index in [1.54, 1.807) is 37.3 Å². The lowest BCUT2D eigenvalue weighted by Crippen LogP contribution is -2.17. The molecule has 1 aliphatic carbocycles. The average molecular weight is 529 g/mol. The Morgan fingerprint density at radius 2 is 2.11 bits per heavy atom. The van der Waals surface area contributed by atoms with Crippen LogP contribution in [-0.4, -0.2) is 18.5 Å². The first-order chi connectivity index (χ1) is 16.8. The Morgan fingerprint density at radius 1 is 1.31 bits per heavy atom. The number of halogens is 2. The zero-order valence-electron chi connectivity index (χ0n) is 19.1. The van der Waals surface area contributed by atoms with Gasteiger partial charge in [-0.1, -0.05) is 30.1 Å². The number of rotatable bonds is 6. The first-order valence-corrected chi connectivity index (χ1v) is 12.7. The number of hydrogen-bond donors (Lipinski definition) is 1. The molecule has 0 saturated heterocycles. The van der Waals surface area contributed by atoms with Gasteiger partial charge >= 0.3 is 5.97 Å². The molecule has 0 fully saturated rings. The third-order valence-electron chi connectivity index (χ3n) is 5.69. The number of carbonyl (C=O) groups excluding carboxylic acids is 2. The van der Waals surface area contributed by atoms with Gasteiger partial charge in [0.2, 0.25) is 0 Å². The van der Waals surface area contributed by atoms with E-state index in [1.165, 1.54) is 17.4 Å². The Balaban J connectivity index is 1.61. The summed E-state index contributed by atoms with van der Waals surface area (Å²) < 4.78 is 11.0. The first-order valence-electron chi connectivity index (χ1n) is 11.1. The number of esters is 1. The second-order valence-electron chi connectivity index (χ2n) is 8.23. The molecule has 1 amide bonds. The number of amides is 1. The summed E-state index contributed by atoms with van der Waals surface area (Å²) in [6.45, 7) is 4.13. The van der Waals surface area contributed by atoms with Crippen molar-refractivity contribution in [2.45, 2.75) is 33.1 Å². The van der Waals surface area contributed by atoms with E-state index in [0.717, 1.165) is 29.7 Å². The van der Waals surface area contributed by atoms with Crippen LogP contribution >= 0.6 is 34.5 Å². The minimum Gasteiger partial charge on any atom is -0.462 e. The predicted molar refractivity (Wildman–Crippen MR) is 138 cm³/mol. The SMILES string of the molecule is CCOC(=O)c1c(NC(=O)/C(C#N)=C/c2ccc(-c3cc(Cl)ccc3Cl)o2)sc2c1CC[C@@H](C)C2. The molecule has 0 radical (unpaired) electrons. The first kappa shape index (κ1) is 25.1. The monoisotopic (exact) mass is 528 g/mol. The van der Waals surface area contributed by atoms with Crippen LogP contribution in [0.15, 0.2) is 40.3 Å². The molecular formula is C26H22Cl2N2O4S. The number of ether oxygens (including phenoxy) is 1. The van der Waals surface area contributed by atoms with Crippen molar-refractivity contribution < 1.29 is 18.7 Å². The van der Waals surface area contributed by atoms with Gasteiger partial charge in [0.1, 0.15) is 28.2 Å². The van der Waals surface area contributed by atoms with Gasteiger partial charge in [-0.3, -0.25) is 4.79 Å². The number of fused-ring (bicyclic) bond motifs is 1. The van der Waals surface area contributed by atoms with Crippen LogP contribution < -0.4 is 5.32 Å². The van der Waals surface area contributed by atoms with E-state index in [4.69, 9.17) is 32.4 Å². The molecule has 4 rings (SSSR count). The van der Waals surface area contributed by atoms with Gasteiger partial charge in [-0.25, -0.2) is 4.79 Å². The van der Waals surface area contributed by atoms with E-state index in [2.05, 4.69) is 12.2 Å². The summed E-state index contributed by atoms with van der Waals surface area (Å²) in [7, 11) is 0. The van der Waals surface area contributed by atoms with E-state index in [1.807, 2.05) is 6.07 Å². The highest BCUT2D eigenvalue weighted by atomic mass is 35.5. The Bertz CT molecular complexity index is 1370. The van der Waals surface area contributed by atoms with Crippen LogP contribution in [0.3, 0.4) is 0 Å². The maximum Gasteiger partial charge on any atom is 0.341 e. The summed E-state index contributed by atoms with van der Waals surface area (Å²) in [6, 6.07) is 10.2. The number of nitrogens with one attached hydrogen (secondary N) is 1. The van der Waals surface area contributed by atoms with Gasteiger partial charge in [0.15, 0.2) is 0 Å². The minimum absolute atomic E-state index is 0.169. The zero-order chi connectivity index (χ0) is 25.1. The van der Waals surface area contributed by atoms with Crippen molar-refractivity contribution >= 4 is 57.5 Å². The fourth-order valence-corrected chi connectivity index (χ4v) is 5.76. The molecule has 0 bridgehead atoms. The average Bonchev–Trinajstić information content (AvgIpc) is 3.43. The second-order valence-corrected chi connectivity index (χ2v) is 10.2. The molecule has 3 aromatic rings. The van der Waals surface area contributed by atoms with E-state index < -0.39 is 11.9 Å². The molecule has 0 saturated carbocycles. The molecule has 2 aromatic heterocycles. The summed E-state index contributed by atoms with van der Waals surface area (Å²) in [5, 5.41) is 13.8. The minimum atomic E-state index is -0.636. The predicted octanol–water partition coefficient (Wildman–Crippen LogP) is 7.16. The van der Waals surface area contributed by atoms with Crippen molar-refractivity contribution in [3.05, 3.63) is 67.7 Å². The quantitative estimate of drug-likeness (QED) is 0.208. The van der Waals surface area contributed by atoms with Crippen LogP contribution in [0, 0.1) is 17.2 Å². The molecule has 1 aliphatic rings. The van der Waals surface area contributed by atoms with Crippen LogP contribution in [0.4, 0.5) is 5.00 Å². The molecule has 2 heterocycles. The topological polar surface area (TPSA) is 92.3 Å². The third kappa shape index (κ3) is 5.46. The van der Waals surface area contributed by atoms with Gasteiger partial charge < -0.3 is 14.5 Å². The summed E-state index contributed by atoms with van der Waals surface area (Å²) in [5.41, 5.74) is 1.75. The summed E-state index contributed by atoms with van der Waals surface area (Å²) in [6.07, 6.45) is 3.89. The van der Waals surface area contributed by atoms with Gasteiger partial charge in [0.05, 0.1) is 17.2 Å². The van der Waals surface area contributed by atoms with Crippen LogP contribution in [0.5, 0.6) is 0 Å². The Labute approximate surface area is 217 Å². The molecule has 9 heteroatoms. The van der Waals surface area contributed by atoms with Crippen molar-refractivity contribution in [1.29, 1.82) is 5.26 Å². The lowest BCUT2D eigenvalue weighted by Gasteiger charge is -2.18. The molecule has 35 heavy (non-hydrogen) atoms. The number of nitriles is 1. The van der Waals surface area contributed by atoms with Crippen molar-refractivity contribution in [3.8, 4) is 17.4 Å². The molecule has 6 nitrogen and oxygen atoms in total. The Hall–Kier alpha value is -3.05. The van der Waals surface area contributed by atoms with Gasteiger partial charge in [-0.05, 0) is 68.0 Å². The summed E-state index contributed by atoms with van der Waals surface area (Å²) >= 11 is 13.7. The fraction of sp³-hybridized carbons (Fsp3) is 0.269. The fourth-order valence-electron chi connectivity index (χ4n) is 3.98. The third-order valence-corrected chi connectivity index (χ3v) is 7.43. The number of carbonyl (C=O) groups is 2. The van der Waals surface area contributed by atoms with Crippen LogP contribution in [-0.2, 0) is 22.4 Å². The number of benzene rings is 1. The second kappa shape index (κ2) is 10.7. The highest BCUT2D eigenvalue weighted by Crippen LogP contribution is 2.40. The lowest BCUT2D eigenvalue weighted by atomic mass is 9.88. The van der Waals surface area contributed by atoms with Crippen LogP contribution in [0.25, 0.3) is 17.4 Å². The molecule has 1 atom stereocenters. The standard InChI is InChI=1S/C26H22Cl2N2O4S/c1-3-33-26(32)23-18-7-4-14(2)10-22(18)35-25(23)30-24(31)15(13-29)11-17-6-9-21(34-17)19-12-16(27)5-8-20(19)28/h5-6,8-9,11-12,14H,3-4,7,10H2,1-2H3,(H,30,31)/b15-11+/t14-/m1/s1. The van der Waals surface area contributed by atoms with E-state index >= 15 is 0 Å². The highest BCUT2D eigenvalue weighted by molar-refractivity contribution is 7.17. The van der Waals surface area contributed by atoms with E-state index in [0.29, 0.717) is 43.6 Å². The Kier molecular flexibility index (Phi) is 7.66. The van der Waals surface area contributed by atoms with Gasteiger partial charge in [0.25, 0.3) is 5.91 Å². The maximum absolute atomic E-state index is 13.0. The van der Waals surface area contributed by atoms with Gasteiger partial charge in [-0.15, -0.1) is 11.3 Å². The molecule has 1 N–H and O–H groups in total. The van der Waals surface area contributed by atoms with Crippen LogP contribution in [0.2, 0.25) is 10.0 Å². The normalized spacial score (nSPS) is 15.3. The number of furan rings is 1. The van der Waals surface area contributed by atoms with Gasteiger partial charge in [0, 0.05) is 21.5 Å². The number of thiophene rings is 1. The largest absolute Gasteiger partial charge is 0.462 e. The van der Waals surface area contributed by atoms with Crippen molar-refractivity contribution in [2.24, 2.45) is 5.92 Å².